The monoisotopic (exact) mass is 515 g/mol. The van der Waals surface area contributed by atoms with Gasteiger partial charge in [-0.15, -0.1) is 16.9 Å². The molecule has 1 aliphatic heterocycles. The van der Waals surface area contributed by atoms with Gasteiger partial charge in [-0.1, -0.05) is 30.3 Å². The summed E-state index contributed by atoms with van der Waals surface area (Å²) in [4.78, 5) is 33.6. The summed E-state index contributed by atoms with van der Waals surface area (Å²) >= 11 is 1.69. The third-order valence-electron chi connectivity index (χ3n) is 5.31. The average Bonchev–Trinajstić information content (AvgIpc) is 2.85. The number of carbonyl (C=O) groups excluding carboxylic acids is 2. The number of thioether (sulfide) groups is 1. The highest BCUT2D eigenvalue weighted by atomic mass is 32.2. The molecule has 1 saturated heterocycles. The molecule has 36 heavy (non-hydrogen) atoms. The molecule has 0 saturated carbocycles. The van der Waals surface area contributed by atoms with Crippen molar-refractivity contribution in [1.82, 2.24) is 15.0 Å². The predicted octanol–water partition coefficient (Wildman–Crippen LogP) is 0.700. The van der Waals surface area contributed by atoms with Crippen LogP contribution in [0.5, 0.6) is 0 Å². The summed E-state index contributed by atoms with van der Waals surface area (Å²) in [7, 11) is 6.25. The molecule has 3 rings (SSSR count). The van der Waals surface area contributed by atoms with Gasteiger partial charge in [0.15, 0.2) is 0 Å². The van der Waals surface area contributed by atoms with Gasteiger partial charge in [-0.25, -0.2) is 15.9 Å². The number of aromatic nitrogens is 1. The number of carbonyl (C=O) groups is 2. The molecule has 0 aliphatic carbocycles. The fourth-order valence-electron chi connectivity index (χ4n) is 3.30. The Morgan fingerprint density at radius 1 is 1.17 bits per heavy atom. The van der Waals surface area contributed by atoms with Gasteiger partial charge in [0.1, 0.15) is 12.1 Å². The molecule has 0 bridgehead atoms. The molecule has 12 heteroatoms. The van der Waals surface area contributed by atoms with Crippen molar-refractivity contribution in [2.75, 3.05) is 62.9 Å². The molecule has 1 aromatic carbocycles. The van der Waals surface area contributed by atoms with E-state index in [2.05, 4.69) is 37.9 Å². The van der Waals surface area contributed by atoms with Crippen LogP contribution in [0, 0.1) is 0 Å². The summed E-state index contributed by atoms with van der Waals surface area (Å²) in [5, 5.41) is 4.67. The van der Waals surface area contributed by atoms with Crippen LogP contribution in [0.4, 0.5) is 11.5 Å². The van der Waals surface area contributed by atoms with Crippen LogP contribution in [-0.4, -0.2) is 86.1 Å². The van der Waals surface area contributed by atoms with Crippen LogP contribution in [0.15, 0.2) is 52.6 Å². The van der Waals surface area contributed by atoms with Crippen LogP contribution in [0.1, 0.15) is 12.0 Å². The van der Waals surface area contributed by atoms with Crippen LogP contribution < -0.4 is 27.1 Å². The zero-order valence-corrected chi connectivity index (χ0v) is 22.0. The molecule has 1 fully saturated rings. The lowest BCUT2D eigenvalue weighted by Gasteiger charge is -2.33. The zero-order valence-electron chi connectivity index (χ0n) is 21.2. The largest absolute Gasteiger partial charge is 0.378 e. The topological polar surface area (TPSA) is 150 Å². The average molecular weight is 516 g/mol. The van der Waals surface area contributed by atoms with Gasteiger partial charge < -0.3 is 31.0 Å². The number of anilines is 2. The number of nitrogens with two attached hydrogens (primary N) is 3. The number of hydrogen-bond acceptors (Lipinski definition) is 10. The van der Waals surface area contributed by atoms with E-state index in [1.54, 1.807) is 11.8 Å². The normalized spacial score (nSPS) is 14.0. The fourth-order valence-corrected chi connectivity index (χ4v) is 4.25. The minimum Gasteiger partial charge on any atom is -0.378 e. The number of amidine groups is 1. The number of benzene rings is 1. The van der Waals surface area contributed by atoms with E-state index in [9.17, 15) is 9.59 Å². The molecule has 196 valence electrons. The Bertz CT molecular complexity index is 996. The number of piperazine rings is 1. The molecule has 1 aromatic heterocycles. The molecule has 0 unspecified atom stereocenters. The van der Waals surface area contributed by atoms with E-state index < -0.39 is 5.91 Å². The Hall–Kier alpha value is -3.35. The first-order valence-corrected chi connectivity index (χ1v) is 12.6. The van der Waals surface area contributed by atoms with Gasteiger partial charge in [0.2, 0.25) is 5.84 Å². The second-order valence-corrected chi connectivity index (χ2v) is 9.57. The number of amides is 1. The Balaban J connectivity index is 0.000000269. The van der Waals surface area contributed by atoms with Crippen LogP contribution in [0.25, 0.3) is 0 Å². The molecule has 0 radical (unpaired) electrons. The quantitative estimate of drug-likeness (QED) is 0.0828. The van der Waals surface area contributed by atoms with Gasteiger partial charge in [-0.3, -0.25) is 4.79 Å². The summed E-state index contributed by atoms with van der Waals surface area (Å²) in [5.74, 6) is 6.25. The number of likely N-dealkylation sites (N-methyl/N-ethyl adjacent to an activating group) is 1. The Morgan fingerprint density at radius 3 is 2.42 bits per heavy atom. The zero-order chi connectivity index (χ0) is 26.5. The van der Waals surface area contributed by atoms with E-state index in [0.29, 0.717) is 13.0 Å². The highest BCUT2D eigenvalue weighted by Crippen LogP contribution is 2.31. The van der Waals surface area contributed by atoms with Crippen molar-refractivity contribution in [3.63, 3.8) is 0 Å². The van der Waals surface area contributed by atoms with Crippen molar-refractivity contribution in [2.45, 2.75) is 17.9 Å². The lowest BCUT2D eigenvalue weighted by molar-refractivity contribution is -0.112. The molecular weight excluding hydrogens is 478 g/mol. The fraction of sp³-hybridized carbons (Fsp3) is 0.417. The first-order chi connectivity index (χ1) is 17.2. The maximum Gasteiger partial charge on any atom is 0.285 e. The van der Waals surface area contributed by atoms with Gasteiger partial charge >= 0.3 is 0 Å². The molecule has 2 aromatic rings. The highest BCUT2D eigenvalue weighted by Gasteiger charge is 2.17. The number of hydrazine groups is 1. The SMILES string of the molecule is CN1CCN(c2cc(N(C)C)c(SCCC=O)cn2)CC1.NC(=O)/C(N)=N/N(N)Cc1ccccc1. The van der Waals surface area contributed by atoms with E-state index in [1.807, 2.05) is 50.6 Å². The minimum atomic E-state index is -0.793. The summed E-state index contributed by atoms with van der Waals surface area (Å²) in [6.45, 7) is 4.56. The van der Waals surface area contributed by atoms with Crippen LogP contribution in [0.3, 0.4) is 0 Å². The second-order valence-electron chi connectivity index (χ2n) is 8.43. The summed E-state index contributed by atoms with van der Waals surface area (Å²) in [6, 6.07) is 11.6. The lowest BCUT2D eigenvalue weighted by atomic mass is 10.2. The Labute approximate surface area is 217 Å². The van der Waals surface area contributed by atoms with Crippen molar-refractivity contribution in [3.05, 3.63) is 48.2 Å². The smallest absolute Gasteiger partial charge is 0.285 e. The first-order valence-electron chi connectivity index (χ1n) is 11.6. The van der Waals surface area contributed by atoms with Crippen molar-refractivity contribution < 1.29 is 9.59 Å². The van der Waals surface area contributed by atoms with E-state index in [4.69, 9.17) is 17.3 Å². The van der Waals surface area contributed by atoms with Gasteiger partial charge in [-0.05, 0) is 12.6 Å². The maximum absolute atomic E-state index is 10.6. The molecule has 1 aliphatic rings. The predicted molar refractivity (Wildman–Crippen MR) is 147 cm³/mol. The first kappa shape index (κ1) is 28.9. The van der Waals surface area contributed by atoms with Crippen molar-refractivity contribution in [2.24, 2.45) is 22.4 Å². The number of hydrogen-bond donors (Lipinski definition) is 3. The van der Waals surface area contributed by atoms with Gasteiger partial charge in [0.25, 0.3) is 5.91 Å². The number of hydrazone groups is 1. The Morgan fingerprint density at radius 2 is 1.83 bits per heavy atom. The van der Waals surface area contributed by atoms with Crippen molar-refractivity contribution >= 4 is 41.3 Å². The summed E-state index contributed by atoms with van der Waals surface area (Å²) in [6.07, 6.45) is 3.49. The summed E-state index contributed by atoms with van der Waals surface area (Å²) in [5.41, 5.74) is 12.3. The number of nitrogens with zero attached hydrogens (tertiary/aromatic N) is 6. The number of rotatable bonds is 9. The van der Waals surface area contributed by atoms with Crippen molar-refractivity contribution in [1.29, 1.82) is 0 Å². The van der Waals surface area contributed by atoms with Gasteiger partial charge in [-0.2, -0.15) is 0 Å². The molecule has 1 amide bonds. The maximum atomic E-state index is 10.6. The highest BCUT2D eigenvalue weighted by molar-refractivity contribution is 7.99. The standard InChI is InChI=1S/C15H24N4OS.C9H13N5O/c1-17(2)13-11-15(19-7-5-18(3)6-8-19)16-12-14(13)21-10-4-9-20;10-8(9(11)15)13-14(12)6-7-4-2-1-3-5-7/h9,11-12H,4-8,10H2,1-3H3;1-5H,6,12H2,(H2,10,13)(H2,11,15). The van der Waals surface area contributed by atoms with E-state index in [-0.39, 0.29) is 5.84 Å². The van der Waals surface area contributed by atoms with Crippen LogP contribution in [0.2, 0.25) is 0 Å². The molecule has 2 heterocycles. The van der Waals surface area contributed by atoms with E-state index in [1.165, 1.54) is 5.69 Å². The third-order valence-corrected chi connectivity index (χ3v) is 6.38. The lowest BCUT2D eigenvalue weighted by Crippen LogP contribution is -2.44. The molecule has 0 spiro atoms. The molecule has 11 nitrogen and oxygen atoms in total. The van der Waals surface area contributed by atoms with E-state index >= 15 is 0 Å². The van der Waals surface area contributed by atoms with Crippen molar-refractivity contribution in [3.8, 4) is 0 Å². The van der Waals surface area contributed by atoms with Crippen LogP contribution >= 0.6 is 11.8 Å². The van der Waals surface area contributed by atoms with Crippen LogP contribution in [-0.2, 0) is 16.1 Å². The number of primary amides is 1. The van der Waals surface area contributed by atoms with E-state index in [0.717, 1.165) is 59.6 Å². The van der Waals surface area contributed by atoms with Gasteiger partial charge in [0.05, 0.1) is 12.2 Å². The molecule has 0 atom stereocenters. The molecule has 6 N–H and O–H groups in total. The third kappa shape index (κ3) is 9.72. The molecular formula is C24H37N9O2S. The van der Waals surface area contributed by atoms with Gasteiger partial charge in [0, 0.05) is 69.6 Å². The Kier molecular flexibility index (Phi) is 12.0. The number of pyridine rings is 1. The number of aldehydes is 1. The summed E-state index contributed by atoms with van der Waals surface area (Å²) < 4.78 is 0. The minimum absolute atomic E-state index is 0.312. The second kappa shape index (κ2) is 14.9.